The molecule has 1 aliphatic heterocycles. The summed E-state index contributed by atoms with van der Waals surface area (Å²) >= 11 is 0. The summed E-state index contributed by atoms with van der Waals surface area (Å²) < 4.78 is 5.14. The van der Waals surface area contributed by atoms with E-state index in [4.69, 9.17) is 4.74 Å². The molecule has 8 heteroatoms. The summed E-state index contributed by atoms with van der Waals surface area (Å²) in [6.45, 7) is 1.70. The summed E-state index contributed by atoms with van der Waals surface area (Å²) in [5.74, 6) is -0.129. The molecular formula is C23H28N4O4. The Bertz CT molecular complexity index is 972. The van der Waals surface area contributed by atoms with Gasteiger partial charge in [0.1, 0.15) is 17.8 Å². The Hall–Kier alpha value is -3.55. The molecule has 1 heterocycles. The SMILES string of the molecule is COc1ccc([C@]2(C)NC(=O)N(CC(=O)N(C)Cc3ccc(N(C)C)cc3)C2=O)cc1. The van der Waals surface area contributed by atoms with E-state index >= 15 is 0 Å². The van der Waals surface area contributed by atoms with Crippen LogP contribution in [-0.2, 0) is 21.7 Å². The van der Waals surface area contributed by atoms with Gasteiger partial charge in [0.25, 0.3) is 5.91 Å². The maximum absolute atomic E-state index is 13.0. The number of hydrogen-bond acceptors (Lipinski definition) is 5. The first-order valence-electron chi connectivity index (χ1n) is 9.94. The minimum atomic E-state index is -1.23. The summed E-state index contributed by atoms with van der Waals surface area (Å²) in [6, 6.07) is 14.2. The van der Waals surface area contributed by atoms with E-state index in [1.807, 2.05) is 43.3 Å². The Balaban J connectivity index is 1.67. The van der Waals surface area contributed by atoms with Gasteiger partial charge in [0.05, 0.1) is 7.11 Å². The molecule has 3 rings (SSSR count). The molecule has 1 N–H and O–H groups in total. The predicted molar refractivity (Wildman–Crippen MR) is 118 cm³/mol. The van der Waals surface area contributed by atoms with Gasteiger partial charge >= 0.3 is 6.03 Å². The topological polar surface area (TPSA) is 82.2 Å². The third-order valence-electron chi connectivity index (χ3n) is 5.53. The zero-order valence-corrected chi connectivity index (χ0v) is 18.5. The molecule has 31 heavy (non-hydrogen) atoms. The number of anilines is 1. The van der Waals surface area contributed by atoms with Crippen LogP contribution in [-0.4, -0.2) is 62.4 Å². The van der Waals surface area contributed by atoms with Crippen LogP contribution in [0.4, 0.5) is 10.5 Å². The Morgan fingerprint density at radius 2 is 1.65 bits per heavy atom. The van der Waals surface area contributed by atoms with Crippen LogP contribution < -0.4 is 15.0 Å². The first kappa shape index (κ1) is 22.1. The van der Waals surface area contributed by atoms with E-state index in [1.54, 1.807) is 45.3 Å². The van der Waals surface area contributed by atoms with Gasteiger partial charge in [-0.15, -0.1) is 0 Å². The first-order valence-corrected chi connectivity index (χ1v) is 9.94. The van der Waals surface area contributed by atoms with Crippen molar-refractivity contribution in [1.29, 1.82) is 0 Å². The molecule has 0 saturated carbocycles. The first-order chi connectivity index (χ1) is 14.7. The third-order valence-corrected chi connectivity index (χ3v) is 5.53. The molecule has 2 aromatic rings. The van der Waals surface area contributed by atoms with Crippen LogP contribution in [0.25, 0.3) is 0 Å². The largest absolute Gasteiger partial charge is 0.497 e. The molecule has 0 unspecified atom stereocenters. The highest BCUT2D eigenvalue weighted by atomic mass is 16.5. The van der Waals surface area contributed by atoms with Crippen molar-refractivity contribution in [1.82, 2.24) is 15.1 Å². The third kappa shape index (κ3) is 4.47. The van der Waals surface area contributed by atoms with Crippen molar-refractivity contribution in [2.75, 3.05) is 39.7 Å². The van der Waals surface area contributed by atoms with Gasteiger partial charge in [-0.1, -0.05) is 24.3 Å². The van der Waals surface area contributed by atoms with E-state index in [1.165, 1.54) is 4.90 Å². The van der Waals surface area contributed by atoms with Gasteiger partial charge in [0, 0.05) is 33.4 Å². The zero-order chi connectivity index (χ0) is 22.8. The molecule has 0 aliphatic carbocycles. The number of methoxy groups -OCH3 is 1. The van der Waals surface area contributed by atoms with E-state index in [9.17, 15) is 14.4 Å². The molecule has 1 aliphatic rings. The lowest BCUT2D eigenvalue weighted by atomic mass is 9.92. The number of nitrogens with zero attached hydrogens (tertiary/aromatic N) is 3. The number of imide groups is 1. The monoisotopic (exact) mass is 424 g/mol. The van der Waals surface area contributed by atoms with E-state index in [2.05, 4.69) is 5.32 Å². The number of hydrogen-bond donors (Lipinski definition) is 1. The predicted octanol–water partition coefficient (Wildman–Crippen LogP) is 2.19. The van der Waals surface area contributed by atoms with E-state index in [0.29, 0.717) is 17.9 Å². The Morgan fingerprint density at radius 1 is 1.03 bits per heavy atom. The number of benzene rings is 2. The number of likely N-dealkylation sites (N-methyl/N-ethyl adjacent to an activating group) is 1. The van der Waals surface area contributed by atoms with Crippen molar-refractivity contribution in [3.05, 3.63) is 59.7 Å². The molecular weight excluding hydrogens is 396 g/mol. The molecule has 0 spiro atoms. The fourth-order valence-corrected chi connectivity index (χ4v) is 3.48. The number of carbonyl (C=O) groups is 3. The van der Waals surface area contributed by atoms with Crippen LogP contribution in [0, 0.1) is 0 Å². The summed E-state index contributed by atoms with van der Waals surface area (Å²) in [4.78, 5) is 42.8. The van der Waals surface area contributed by atoms with Crippen molar-refractivity contribution in [2.45, 2.75) is 19.0 Å². The number of ether oxygens (including phenoxy) is 1. The molecule has 1 saturated heterocycles. The minimum absolute atomic E-state index is 0.317. The molecule has 8 nitrogen and oxygen atoms in total. The highest BCUT2D eigenvalue weighted by Gasteiger charge is 2.49. The van der Waals surface area contributed by atoms with Crippen LogP contribution in [0.2, 0.25) is 0 Å². The van der Waals surface area contributed by atoms with Crippen molar-refractivity contribution in [2.24, 2.45) is 0 Å². The van der Waals surface area contributed by atoms with Gasteiger partial charge in [0.2, 0.25) is 5.91 Å². The summed E-state index contributed by atoms with van der Waals surface area (Å²) in [5, 5.41) is 2.72. The van der Waals surface area contributed by atoms with Gasteiger partial charge < -0.3 is 19.9 Å². The Labute approximate surface area is 182 Å². The van der Waals surface area contributed by atoms with Gasteiger partial charge in [0.15, 0.2) is 0 Å². The molecule has 4 amide bonds. The average Bonchev–Trinajstić information content (AvgIpc) is 2.98. The van der Waals surface area contributed by atoms with E-state index < -0.39 is 17.5 Å². The fourth-order valence-electron chi connectivity index (χ4n) is 3.48. The minimum Gasteiger partial charge on any atom is -0.497 e. The maximum atomic E-state index is 13.0. The molecule has 2 aromatic carbocycles. The standard InChI is InChI=1S/C23H28N4O4/c1-23(17-8-12-19(31-5)13-9-17)21(29)27(22(30)24-23)15-20(28)26(4)14-16-6-10-18(11-7-16)25(2)3/h6-13H,14-15H2,1-5H3,(H,24,30)/t23-/m0/s1. The fraction of sp³-hybridized carbons (Fsp3) is 0.348. The molecule has 164 valence electrons. The highest BCUT2D eigenvalue weighted by molar-refractivity contribution is 6.09. The number of rotatable bonds is 7. The lowest BCUT2D eigenvalue weighted by Gasteiger charge is -2.23. The molecule has 0 aromatic heterocycles. The highest BCUT2D eigenvalue weighted by Crippen LogP contribution is 2.30. The summed E-state index contributed by atoms with van der Waals surface area (Å²) in [5.41, 5.74) is 1.41. The molecule has 1 atom stereocenters. The van der Waals surface area contributed by atoms with Gasteiger partial charge in [-0.25, -0.2) is 4.79 Å². The van der Waals surface area contributed by atoms with E-state index in [0.717, 1.165) is 16.2 Å². The molecule has 0 radical (unpaired) electrons. The second kappa shape index (κ2) is 8.67. The maximum Gasteiger partial charge on any atom is 0.325 e. The average molecular weight is 425 g/mol. The van der Waals surface area contributed by atoms with Crippen molar-refractivity contribution < 1.29 is 19.1 Å². The summed E-state index contributed by atoms with van der Waals surface area (Å²) in [6.07, 6.45) is 0. The smallest absolute Gasteiger partial charge is 0.325 e. The number of urea groups is 1. The molecule has 1 fully saturated rings. The normalized spacial score (nSPS) is 18.0. The second-order valence-electron chi connectivity index (χ2n) is 7.99. The van der Waals surface area contributed by atoms with Crippen LogP contribution >= 0.6 is 0 Å². The van der Waals surface area contributed by atoms with Crippen molar-refractivity contribution >= 4 is 23.5 Å². The summed E-state index contributed by atoms with van der Waals surface area (Å²) in [7, 11) is 7.13. The molecule has 0 bridgehead atoms. The van der Waals surface area contributed by atoms with Crippen LogP contribution in [0.5, 0.6) is 5.75 Å². The van der Waals surface area contributed by atoms with Crippen molar-refractivity contribution in [3.63, 3.8) is 0 Å². The lowest BCUT2D eigenvalue weighted by Crippen LogP contribution is -2.43. The number of amides is 4. The number of nitrogens with one attached hydrogen (secondary N) is 1. The lowest BCUT2D eigenvalue weighted by molar-refractivity contribution is -0.138. The zero-order valence-electron chi connectivity index (χ0n) is 18.5. The van der Waals surface area contributed by atoms with Gasteiger partial charge in [-0.3, -0.25) is 14.5 Å². The number of carbonyl (C=O) groups excluding carboxylic acids is 3. The Morgan fingerprint density at radius 3 is 2.19 bits per heavy atom. The quantitative estimate of drug-likeness (QED) is 0.689. The van der Waals surface area contributed by atoms with Crippen molar-refractivity contribution in [3.8, 4) is 5.75 Å². The van der Waals surface area contributed by atoms with Gasteiger partial charge in [-0.05, 0) is 42.3 Å². The van der Waals surface area contributed by atoms with Crippen LogP contribution in [0.1, 0.15) is 18.1 Å². The van der Waals surface area contributed by atoms with E-state index in [-0.39, 0.29) is 12.5 Å². The van der Waals surface area contributed by atoms with Crippen LogP contribution in [0.15, 0.2) is 48.5 Å². The second-order valence-corrected chi connectivity index (χ2v) is 7.99. The van der Waals surface area contributed by atoms with Crippen LogP contribution in [0.3, 0.4) is 0 Å². The Kier molecular flexibility index (Phi) is 6.19. The van der Waals surface area contributed by atoms with Gasteiger partial charge in [-0.2, -0.15) is 0 Å².